The predicted molar refractivity (Wildman–Crippen MR) is 85.5 cm³/mol. The highest BCUT2D eigenvalue weighted by atomic mass is 32.2. The summed E-state index contributed by atoms with van der Waals surface area (Å²) in [5.74, 6) is -1.40. The molecular weight excluding hydrogens is 354 g/mol. The third-order valence-corrected chi connectivity index (χ3v) is 4.36. The average Bonchev–Trinajstić information content (AvgIpc) is 2.59. The third-order valence-electron chi connectivity index (χ3n) is 3.10. The van der Waals surface area contributed by atoms with Gasteiger partial charge in [-0.25, -0.2) is 8.42 Å². The fraction of sp³-hybridized carbons (Fsp3) is 0.0714. The summed E-state index contributed by atoms with van der Waals surface area (Å²) in [7, 11) is -3.17. The molecule has 0 unspecified atom stereocenters. The van der Waals surface area contributed by atoms with Gasteiger partial charge in [-0.05, 0) is 18.2 Å². The number of aromatic hydroxyl groups is 1. The molecule has 0 heterocycles. The number of nitrogens with one attached hydrogen (secondary N) is 2. The van der Waals surface area contributed by atoms with Crippen LogP contribution in [0.2, 0.25) is 0 Å². The number of carbonyl (C=O) groups is 1. The summed E-state index contributed by atoms with van der Waals surface area (Å²) < 4.78 is 29.5. The van der Waals surface area contributed by atoms with E-state index in [0.717, 1.165) is 18.2 Å². The van der Waals surface area contributed by atoms with Crippen molar-refractivity contribution in [3.63, 3.8) is 0 Å². The van der Waals surface area contributed by atoms with Crippen LogP contribution < -0.4 is 15.0 Å². The molecule has 2 aromatic carbocycles. The second kappa shape index (κ2) is 7.15. The Morgan fingerprint density at radius 1 is 1.24 bits per heavy atom. The Labute approximate surface area is 142 Å². The Morgan fingerprint density at radius 3 is 2.52 bits per heavy atom. The van der Waals surface area contributed by atoms with Crippen molar-refractivity contribution >= 4 is 21.6 Å². The molecule has 0 aromatic heterocycles. The summed E-state index contributed by atoms with van der Waals surface area (Å²) >= 11 is 0. The summed E-state index contributed by atoms with van der Waals surface area (Å²) in [5, 5.41) is 20.4. The monoisotopic (exact) mass is 367 g/mol. The highest BCUT2D eigenvalue weighted by Crippen LogP contribution is 2.27. The van der Waals surface area contributed by atoms with Crippen molar-refractivity contribution in [1.29, 1.82) is 0 Å². The van der Waals surface area contributed by atoms with Crippen LogP contribution in [-0.4, -0.2) is 31.5 Å². The maximum absolute atomic E-state index is 12.3. The minimum atomic E-state index is -4.37. The van der Waals surface area contributed by atoms with Crippen LogP contribution in [0.25, 0.3) is 0 Å². The van der Waals surface area contributed by atoms with E-state index in [-0.39, 0.29) is 17.1 Å². The van der Waals surface area contributed by atoms with Gasteiger partial charge in [0.25, 0.3) is 21.6 Å². The molecule has 0 atom stereocenters. The Hall–Kier alpha value is -3.18. The average molecular weight is 367 g/mol. The molecule has 10 nitrogen and oxygen atoms in total. The first-order valence-corrected chi connectivity index (χ1v) is 8.17. The lowest BCUT2D eigenvalue weighted by molar-refractivity contribution is -0.385. The number of non-ortho nitro benzene ring substituents is 1. The van der Waals surface area contributed by atoms with Crippen LogP contribution in [0.5, 0.6) is 11.5 Å². The zero-order chi connectivity index (χ0) is 18.6. The second-order valence-electron chi connectivity index (χ2n) is 4.67. The van der Waals surface area contributed by atoms with E-state index in [9.17, 15) is 28.4 Å². The van der Waals surface area contributed by atoms with Gasteiger partial charge in [-0.2, -0.15) is 0 Å². The SMILES string of the molecule is COc1ccc([N+](=O)[O-])cc1S(=O)(=O)NNC(=O)c1ccccc1O. The van der Waals surface area contributed by atoms with Crippen LogP contribution in [0.4, 0.5) is 5.69 Å². The highest BCUT2D eigenvalue weighted by molar-refractivity contribution is 7.89. The minimum Gasteiger partial charge on any atom is -0.507 e. The van der Waals surface area contributed by atoms with E-state index in [1.54, 1.807) is 4.83 Å². The van der Waals surface area contributed by atoms with Crippen molar-refractivity contribution in [3.8, 4) is 11.5 Å². The Morgan fingerprint density at radius 2 is 1.92 bits per heavy atom. The molecule has 132 valence electrons. The number of nitrogens with zero attached hydrogens (tertiary/aromatic N) is 1. The highest BCUT2D eigenvalue weighted by Gasteiger charge is 2.24. The lowest BCUT2D eigenvalue weighted by Crippen LogP contribution is -2.41. The van der Waals surface area contributed by atoms with Crippen molar-refractivity contribution in [3.05, 3.63) is 58.1 Å². The molecule has 0 bridgehead atoms. The van der Waals surface area contributed by atoms with Crippen LogP contribution >= 0.6 is 0 Å². The lowest BCUT2D eigenvalue weighted by Gasteiger charge is -2.11. The molecule has 0 fully saturated rings. The maximum atomic E-state index is 12.3. The van der Waals surface area contributed by atoms with Gasteiger partial charge >= 0.3 is 0 Å². The largest absolute Gasteiger partial charge is 0.507 e. The molecule has 0 aliphatic carbocycles. The first kappa shape index (κ1) is 18.2. The molecule has 1 amide bonds. The molecule has 3 N–H and O–H groups in total. The summed E-state index contributed by atoms with van der Waals surface area (Å²) in [5.41, 5.74) is 1.30. The van der Waals surface area contributed by atoms with E-state index in [0.29, 0.717) is 0 Å². The maximum Gasteiger partial charge on any atom is 0.271 e. The number of hydrazine groups is 1. The number of carbonyl (C=O) groups excluding carboxylic acids is 1. The fourth-order valence-electron chi connectivity index (χ4n) is 1.89. The molecule has 25 heavy (non-hydrogen) atoms. The van der Waals surface area contributed by atoms with Crippen LogP contribution in [0.15, 0.2) is 47.4 Å². The Balaban J connectivity index is 2.27. The number of phenolic OH excluding ortho intramolecular Hbond substituents is 1. The fourth-order valence-corrected chi connectivity index (χ4v) is 2.92. The zero-order valence-corrected chi connectivity index (χ0v) is 13.6. The van der Waals surface area contributed by atoms with Gasteiger partial charge < -0.3 is 9.84 Å². The van der Waals surface area contributed by atoms with Crippen LogP contribution in [0, 0.1) is 10.1 Å². The quantitative estimate of drug-likeness (QED) is 0.508. The molecule has 0 aliphatic rings. The third kappa shape index (κ3) is 4.02. The van der Waals surface area contributed by atoms with E-state index >= 15 is 0 Å². The van der Waals surface area contributed by atoms with E-state index in [1.807, 2.05) is 5.43 Å². The van der Waals surface area contributed by atoms with E-state index in [1.165, 1.54) is 31.4 Å². The summed E-state index contributed by atoms with van der Waals surface area (Å²) in [6, 6.07) is 8.51. The van der Waals surface area contributed by atoms with Crippen molar-refractivity contribution in [2.75, 3.05) is 7.11 Å². The van der Waals surface area contributed by atoms with Crippen molar-refractivity contribution < 1.29 is 28.0 Å². The van der Waals surface area contributed by atoms with Crippen molar-refractivity contribution in [2.45, 2.75) is 4.90 Å². The van der Waals surface area contributed by atoms with Gasteiger partial charge in [0.05, 0.1) is 17.6 Å². The lowest BCUT2D eigenvalue weighted by atomic mass is 10.2. The van der Waals surface area contributed by atoms with Gasteiger partial charge in [0, 0.05) is 12.1 Å². The smallest absolute Gasteiger partial charge is 0.271 e. The molecule has 2 aromatic rings. The standard InChI is InChI=1S/C14H13N3O7S/c1-24-12-7-6-9(17(20)21)8-13(12)25(22,23)16-15-14(19)10-4-2-3-5-11(10)18/h2-8,16,18H,1H3,(H,15,19). The Kier molecular flexibility index (Phi) is 5.20. The van der Waals surface area contributed by atoms with Crippen molar-refractivity contribution in [1.82, 2.24) is 10.3 Å². The predicted octanol–water partition coefficient (Wildman–Crippen LogP) is 0.932. The van der Waals surface area contributed by atoms with Gasteiger partial charge in [0.1, 0.15) is 16.4 Å². The number of sulfonamides is 1. The number of nitro benzene ring substituents is 1. The number of methoxy groups -OCH3 is 1. The Bertz CT molecular complexity index is 928. The van der Waals surface area contributed by atoms with Gasteiger partial charge in [0.2, 0.25) is 0 Å². The molecular formula is C14H13N3O7S. The summed E-state index contributed by atoms with van der Waals surface area (Å²) in [6.45, 7) is 0. The molecule has 0 radical (unpaired) electrons. The summed E-state index contributed by atoms with van der Waals surface area (Å²) in [6.07, 6.45) is 0. The molecule has 0 saturated heterocycles. The van der Waals surface area contributed by atoms with Gasteiger partial charge in [-0.15, -0.1) is 4.83 Å². The van der Waals surface area contributed by atoms with Gasteiger partial charge in [0.15, 0.2) is 0 Å². The number of rotatable bonds is 6. The van der Waals surface area contributed by atoms with Crippen LogP contribution in [-0.2, 0) is 10.0 Å². The van der Waals surface area contributed by atoms with Crippen LogP contribution in [0.3, 0.4) is 0 Å². The van der Waals surface area contributed by atoms with Crippen molar-refractivity contribution in [2.24, 2.45) is 0 Å². The molecule has 0 spiro atoms. The number of hydrogen-bond acceptors (Lipinski definition) is 7. The number of nitro groups is 1. The first-order valence-electron chi connectivity index (χ1n) is 6.69. The number of hydrogen-bond donors (Lipinski definition) is 3. The van der Waals surface area contributed by atoms with E-state index in [4.69, 9.17) is 4.74 Å². The topological polar surface area (TPSA) is 148 Å². The molecule has 0 saturated carbocycles. The minimum absolute atomic E-state index is 0.144. The second-order valence-corrected chi connectivity index (χ2v) is 6.32. The zero-order valence-electron chi connectivity index (χ0n) is 12.8. The number of benzene rings is 2. The number of phenols is 1. The normalized spacial score (nSPS) is 10.9. The number of ether oxygens (including phenoxy) is 1. The number of amides is 1. The van der Waals surface area contributed by atoms with Crippen LogP contribution in [0.1, 0.15) is 10.4 Å². The number of para-hydroxylation sites is 1. The molecule has 0 aliphatic heterocycles. The first-order chi connectivity index (χ1) is 11.8. The summed E-state index contributed by atoms with van der Waals surface area (Å²) in [4.78, 5) is 23.3. The van der Waals surface area contributed by atoms with E-state index in [2.05, 4.69) is 0 Å². The van der Waals surface area contributed by atoms with Gasteiger partial charge in [-0.1, -0.05) is 12.1 Å². The van der Waals surface area contributed by atoms with E-state index < -0.39 is 31.4 Å². The molecule has 11 heteroatoms. The molecule has 2 rings (SSSR count). The van der Waals surface area contributed by atoms with Gasteiger partial charge in [-0.3, -0.25) is 20.3 Å².